The van der Waals surface area contributed by atoms with Crippen molar-refractivity contribution in [2.75, 3.05) is 12.3 Å². The van der Waals surface area contributed by atoms with Gasteiger partial charge in [-0.15, -0.1) is 53.7 Å². The van der Waals surface area contributed by atoms with E-state index in [1.807, 2.05) is 0 Å². The second-order valence-corrected chi connectivity index (χ2v) is 13.0. The number of unbranched alkanes of at least 4 members (excludes halogenated alkanes) is 3. The predicted octanol–water partition coefficient (Wildman–Crippen LogP) is 9.90. The molecule has 0 N–H and O–H groups in total. The first-order valence-electron chi connectivity index (χ1n) is 11.7. The van der Waals surface area contributed by atoms with Gasteiger partial charge in [-0.3, -0.25) is 6.08 Å². The SMILES string of the molecule is CCCCC1=[C-]CC=C1C.CCCCP(CCCC)c1cc2ccccc2[cH-]1.[Cl][Ti][Cl]. The summed E-state index contributed by atoms with van der Waals surface area (Å²) in [6, 6.07) is 13.6. The molecule has 0 spiro atoms. The van der Waals surface area contributed by atoms with Gasteiger partial charge in [0.1, 0.15) is 0 Å². The Bertz CT molecular complexity index is 737. The Morgan fingerprint density at radius 2 is 1.61 bits per heavy atom. The molecule has 0 saturated carbocycles. The molecule has 3 rings (SSSR count). The number of benzene rings is 1. The van der Waals surface area contributed by atoms with Gasteiger partial charge >= 0.3 is 35.6 Å². The first-order chi connectivity index (χ1) is 15.1. The molecule has 0 unspecified atom stereocenters. The van der Waals surface area contributed by atoms with Gasteiger partial charge in [-0.05, 0) is 25.2 Å². The van der Waals surface area contributed by atoms with E-state index in [1.54, 1.807) is 5.30 Å². The summed E-state index contributed by atoms with van der Waals surface area (Å²) in [4.78, 5) is 0. The number of hydrogen-bond acceptors (Lipinski definition) is 0. The fourth-order valence-corrected chi connectivity index (χ4v) is 6.39. The molecule has 0 aromatic heterocycles. The van der Waals surface area contributed by atoms with Crippen LogP contribution in [0.1, 0.15) is 79.1 Å². The van der Waals surface area contributed by atoms with E-state index in [-0.39, 0.29) is 7.92 Å². The molecule has 1 aliphatic carbocycles. The quantitative estimate of drug-likeness (QED) is 0.169. The zero-order valence-corrected chi connectivity index (χ0v) is 23.8. The molecule has 0 atom stereocenters. The van der Waals surface area contributed by atoms with E-state index in [4.69, 9.17) is 18.6 Å². The predicted molar refractivity (Wildman–Crippen MR) is 142 cm³/mol. The fraction of sp³-hybridized carbons (Fsp3) is 0.519. The topological polar surface area (TPSA) is 0 Å². The van der Waals surface area contributed by atoms with Crippen LogP contribution in [0, 0.1) is 6.08 Å². The average molecular weight is 513 g/mol. The van der Waals surface area contributed by atoms with Crippen LogP contribution in [0.5, 0.6) is 0 Å². The third-order valence-electron chi connectivity index (χ3n) is 5.51. The summed E-state index contributed by atoms with van der Waals surface area (Å²) in [6.45, 7) is 9.02. The van der Waals surface area contributed by atoms with Crippen LogP contribution in [-0.4, -0.2) is 12.3 Å². The minimum atomic E-state index is -0.556. The van der Waals surface area contributed by atoms with Crippen molar-refractivity contribution in [2.45, 2.75) is 79.1 Å². The molecule has 0 nitrogen and oxygen atoms in total. The van der Waals surface area contributed by atoms with E-state index in [1.165, 1.54) is 79.2 Å². The van der Waals surface area contributed by atoms with Gasteiger partial charge < -0.3 is 0 Å². The van der Waals surface area contributed by atoms with Crippen molar-refractivity contribution in [3.8, 4) is 0 Å². The summed E-state index contributed by atoms with van der Waals surface area (Å²) < 4.78 is 0. The van der Waals surface area contributed by atoms with Crippen LogP contribution >= 0.6 is 26.5 Å². The molecule has 1 aliphatic rings. The molecule has 4 heteroatoms. The molecule has 0 bridgehead atoms. The van der Waals surface area contributed by atoms with E-state index in [2.05, 4.69) is 76.2 Å². The van der Waals surface area contributed by atoms with Crippen LogP contribution < -0.4 is 5.30 Å². The van der Waals surface area contributed by atoms with Gasteiger partial charge in [0, 0.05) is 0 Å². The molecule has 0 saturated heterocycles. The molecular formula is C27H39Cl2PTi-2. The Morgan fingerprint density at radius 3 is 2.13 bits per heavy atom. The van der Waals surface area contributed by atoms with E-state index in [9.17, 15) is 0 Å². The summed E-state index contributed by atoms with van der Waals surface area (Å²) >= 11 is -0.556. The first kappa shape index (κ1) is 29.1. The molecule has 0 amide bonds. The summed E-state index contributed by atoms with van der Waals surface area (Å²) in [6.07, 6.45) is 18.8. The van der Waals surface area contributed by atoms with Crippen molar-refractivity contribution in [2.24, 2.45) is 0 Å². The molecule has 172 valence electrons. The van der Waals surface area contributed by atoms with Crippen molar-refractivity contribution < 1.29 is 17.0 Å². The molecule has 0 aliphatic heterocycles. The number of rotatable bonds is 10. The van der Waals surface area contributed by atoms with Crippen molar-refractivity contribution in [3.63, 3.8) is 0 Å². The molecular weight excluding hydrogens is 474 g/mol. The summed E-state index contributed by atoms with van der Waals surface area (Å²) in [5.41, 5.74) is 2.91. The molecule has 0 fully saturated rings. The normalized spacial score (nSPS) is 12.6. The van der Waals surface area contributed by atoms with Crippen LogP contribution in [-0.2, 0) is 17.0 Å². The van der Waals surface area contributed by atoms with Crippen LogP contribution in [0.3, 0.4) is 0 Å². The van der Waals surface area contributed by atoms with E-state index in [0.717, 1.165) is 6.42 Å². The molecule has 31 heavy (non-hydrogen) atoms. The minimum absolute atomic E-state index is 0.0856. The second kappa shape index (κ2) is 18.5. The summed E-state index contributed by atoms with van der Waals surface area (Å²) in [5, 5.41) is 4.48. The molecule has 2 aromatic rings. The van der Waals surface area contributed by atoms with Crippen molar-refractivity contribution in [1.82, 2.24) is 0 Å². The molecule has 2 aromatic carbocycles. The number of fused-ring (bicyclic) bond motifs is 1. The zero-order valence-electron chi connectivity index (χ0n) is 19.8. The number of halogens is 2. The maximum atomic E-state index is 4.89. The van der Waals surface area contributed by atoms with Crippen LogP contribution in [0.2, 0.25) is 0 Å². The van der Waals surface area contributed by atoms with Gasteiger partial charge in [-0.2, -0.15) is 12.1 Å². The van der Waals surface area contributed by atoms with Crippen molar-refractivity contribution in [1.29, 1.82) is 0 Å². The van der Waals surface area contributed by atoms with Crippen LogP contribution in [0.25, 0.3) is 10.8 Å². The second-order valence-electron chi connectivity index (χ2n) is 7.96. The molecule has 0 radical (unpaired) electrons. The third kappa shape index (κ3) is 11.6. The Hall–Kier alpha value is 0.0343. The van der Waals surface area contributed by atoms with Gasteiger partial charge in [-0.1, -0.05) is 66.9 Å². The Labute approximate surface area is 209 Å². The van der Waals surface area contributed by atoms with E-state index in [0.29, 0.717) is 0 Å². The fourth-order valence-electron chi connectivity index (χ4n) is 3.61. The number of hydrogen-bond donors (Lipinski definition) is 0. The molecule has 0 heterocycles. The van der Waals surface area contributed by atoms with Crippen molar-refractivity contribution in [3.05, 3.63) is 59.7 Å². The van der Waals surface area contributed by atoms with Gasteiger partial charge in [0.2, 0.25) is 0 Å². The van der Waals surface area contributed by atoms with Gasteiger partial charge in [0.15, 0.2) is 0 Å². The van der Waals surface area contributed by atoms with Crippen molar-refractivity contribution >= 4 is 42.6 Å². The Morgan fingerprint density at radius 1 is 1.00 bits per heavy atom. The first-order valence-corrected chi connectivity index (χ1v) is 17.8. The number of allylic oxidation sites excluding steroid dienone is 4. The van der Waals surface area contributed by atoms with Crippen LogP contribution in [0.4, 0.5) is 0 Å². The monoisotopic (exact) mass is 512 g/mol. The van der Waals surface area contributed by atoms with E-state index < -0.39 is 17.0 Å². The maximum absolute atomic E-state index is 4.89. The Kier molecular flexibility index (Phi) is 17.3. The van der Waals surface area contributed by atoms with Gasteiger partial charge in [0.25, 0.3) is 0 Å². The van der Waals surface area contributed by atoms with E-state index >= 15 is 0 Å². The third-order valence-corrected chi connectivity index (χ3v) is 8.21. The summed E-state index contributed by atoms with van der Waals surface area (Å²) in [5.74, 6) is 0. The van der Waals surface area contributed by atoms with Gasteiger partial charge in [0.05, 0.1) is 0 Å². The Balaban J connectivity index is 0.000000311. The standard InChI is InChI=1S/C17H24P.C10H15.2ClH.Ti/c1-3-5-11-18(12-6-4-2)17-13-15-9-7-8-10-16(15)14-17;1-3-4-7-10-8-5-6-9(10)2;;;/h7-10,13-14H,3-6,11-12H2,1-2H3;6H,3-5,7H2,1-2H3;2*1H;/q2*-1;;;+2/p-2. The zero-order chi connectivity index (χ0) is 22.9. The van der Waals surface area contributed by atoms with Crippen LogP contribution in [0.15, 0.2) is 53.6 Å². The summed E-state index contributed by atoms with van der Waals surface area (Å²) in [7, 11) is 9.86. The average Bonchev–Trinajstić information content (AvgIpc) is 3.39. The van der Waals surface area contributed by atoms with Gasteiger partial charge in [-0.25, -0.2) is 11.1 Å².